The first-order valence-corrected chi connectivity index (χ1v) is 9.90. The summed E-state index contributed by atoms with van der Waals surface area (Å²) in [5.74, 6) is -0.660. The van der Waals surface area contributed by atoms with Gasteiger partial charge in [-0.15, -0.1) is 0 Å². The Labute approximate surface area is 163 Å². The fourth-order valence-corrected chi connectivity index (χ4v) is 3.74. The van der Waals surface area contributed by atoms with Gasteiger partial charge in [-0.3, -0.25) is 9.59 Å². The highest BCUT2D eigenvalue weighted by Gasteiger charge is 2.44. The molecule has 1 heterocycles. The molecule has 4 nitrogen and oxygen atoms in total. The van der Waals surface area contributed by atoms with E-state index in [1.807, 2.05) is 0 Å². The first-order valence-electron chi connectivity index (χ1n) is 9.90. The summed E-state index contributed by atoms with van der Waals surface area (Å²) in [6.45, 7) is 5.20. The summed E-state index contributed by atoms with van der Waals surface area (Å²) in [4.78, 5) is 26.9. The second-order valence-corrected chi connectivity index (χ2v) is 8.33. The fourth-order valence-electron chi connectivity index (χ4n) is 3.74. The van der Waals surface area contributed by atoms with Crippen molar-refractivity contribution in [3.8, 4) is 0 Å². The van der Waals surface area contributed by atoms with Crippen LogP contribution in [0.2, 0.25) is 0 Å². The zero-order valence-corrected chi connectivity index (χ0v) is 16.3. The number of carbonyl (C=O) groups excluding carboxylic acids is 2. The van der Waals surface area contributed by atoms with Gasteiger partial charge in [-0.05, 0) is 36.8 Å². The van der Waals surface area contributed by atoms with Crippen LogP contribution in [0.5, 0.6) is 0 Å². The minimum Gasteiger partial charge on any atom is -0.356 e. The number of amides is 2. The molecule has 2 amide bonds. The third kappa shape index (κ3) is 4.86. The Morgan fingerprint density at radius 1 is 1.21 bits per heavy atom. The van der Waals surface area contributed by atoms with Gasteiger partial charge >= 0.3 is 6.18 Å². The third-order valence-corrected chi connectivity index (χ3v) is 5.56. The lowest BCUT2D eigenvalue weighted by atomic mass is 9.87. The van der Waals surface area contributed by atoms with Crippen LogP contribution in [0.15, 0.2) is 24.3 Å². The molecule has 2 fully saturated rings. The first kappa shape index (κ1) is 20.7. The Morgan fingerprint density at radius 2 is 1.93 bits per heavy atom. The van der Waals surface area contributed by atoms with Crippen molar-refractivity contribution >= 4 is 11.8 Å². The van der Waals surface area contributed by atoms with Gasteiger partial charge < -0.3 is 10.2 Å². The molecular formula is C21H27F3N2O2. The third-order valence-electron chi connectivity index (χ3n) is 5.56. The van der Waals surface area contributed by atoms with Crippen molar-refractivity contribution in [3.05, 3.63) is 35.4 Å². The normalized spacial score (nSPS) is 22.6. The Hall–Kier alpha value is -2.05. The molecule has 1 aliphatic carbocycles. The second-order valence-electron chi connectivity index (χ2n) is 8.33. The van der Waals surface area contributed by atoms with Gasteiger partial charge in [0, 0.05) is 31.5 Å². The van der Waals surface area contributed by atoms with Gasteiger partial charge in [-0.2, -0.15) is 13.2 Å². The number of carbonyl (C=O) groups is 2. The molecule has 3 rings (SSSR count). The maximum atomic E-state index is 13.1. The predicted molar refractivity (Wildman–Crippen MR) is 99.4 cm³/mol. The number of nitrogens with one attached hydrogen (secondary N) is 1. The number of nitrogens with zero attached hydrogens (tertiary/aromatic N) is 1. The molecule has 28 heavy (non-hydrogen) atoms. The van der Waals surface area contributed by atoms with E-state index in [-0.39, 0.29) is 24.3 Å². The molecule has 1 saturated carbocycles. The van der Waals surface area contributed by atoms with E-state index in [9.17, 15) is 22.8 Å². The molecule has 0 spiro atoms. The van der Waals surface area contributed by atoms with E-state index in [0.717, 1.165) is 31.4 Å². The average molecular weight is 396 g/mol. The molecule has 0 radical (unpaired) electrons. The van der Waals surface area contributed by atoms with Crippen molar-refractivity contribution in [2.75, 3.05) is 19.6 Å². The van der Waals surface area contributed by atoms with Crippen LogP contribution in [0.25, 0.3) is 0 Å². The molecule has 2 atom stereocenters. The van der Waals surface area contributed by atoms with E-state index >= 15 is 0 Å². The minimum absolute atomic E-state index is 0.0184. The SMILES string of the molecule is CC(C)CCNC(=O)[C@@H]1CN(C(=O)C2CC2)C[C@H]1c1cccc(C(F)(F)F)c1. The van der Waals surface area contributed by atoms with E-state index in [1.54, 1.807) is 11.0 Å². The molecular weight excluding hydrogens is 369 g/mol. The van der Waals surface area contributed by atoms with Crippen molar-refractivity contribution in [2.45, 2.75) is 45.2 Å². The number of benzene rings is 1. The van der Waals surface area contributed by atoms with Gasteiger partial charge in [0.2, 0.25) is 11.8 Å². The number of hydrogen-bond donors (Lipinski definition) is 1. The van der Waals surface area contributed by atoms with Crippen molar-refractivity contribution in [2.24, 2.45) is 17.8 Å². The molecule has 1 aliphatic heterocycles. The largest absolute Gasteiger partial charge is 0.416 e. The van der Waals surface area contributed by atoms with E-state index < -0.39 is 23.6 Å². The van der Waals surface area contributed by atoms with Crippen molar-refractivity contribution < 1.29 is 22.8 Å². The second kappa shape index (κ2) is 8.13. The van der Waals surface area contributed by atoms with Crippen molar-refractivity contribution in [1.29, 1.82) is 0 Å². The van der Waals surface area contributed by atoms with Gasteiger partial charge in [0.05, 0.1) is 11.5 Å². The standard InChI is InChI=1S/C21H27F3N2O2/c1-13(2)8-9-25-19(27)18-12-26(20(28)14-6-7-14)11-17(18)15-4-3-5-16(10-15)21(22,23)24/h3-5,10,13-14,17-18H,6-9,11-12H2,1-2H3,(H,25,27)/t17-,18+/m0/s1. The number of likely N-dealkylation sites (tertiary alicyclic amines) is 1. The minimum atomic E-state index is -4.44. The molecule has 154 valence electrons. The summed E-state index contributed by atoms with van der Waals surface area (Å²) in [6, 6.07) is 5.14. The van der Waals surface area contributed by atoms with E-state index in [0.29, 0.717) is 24.6 Å². The molecule has 2 aliphatic rings. The maximum absolute atomic E-state index is 13.1. The molecule has 1 saturated heterocycles. The Kier molecular flexibility index (Phi) is 6.01. The highest BCUT2D eigenvalue weighted by Crippen LogP contribution is 2.39. The summed E-state index contributed by atoms with van der Waals surface area (Å²) in [5.41, 5.74) is -0.263. The van der Waals surface area contributed by atoms with Crippen molar-refractivity contribution in [3.63, 3.8) is 0 Å². The fraction of sp³-hybridized carbons (Fsp3) is 0.619. The number of alkyl halides is 3. The lowest BCUT2D eigenvalue weighted by Crippen LogP contribution is -2.36. The highest BCUT2D eigenvalue weighted by atomic mass is 19.4. The number of hydrogen-bond acceptors (Lipinski definition) is 2. The molecule has 1 aromatic rings. The summed E-state index contributed by atoms with van der Waals surface area (Å²) < 4.78 is 39.4. The lowest BCUT2D eigenvalue weighted by Gasteiger charge is -2.19. The van der Waals surface area contributed by atoms with Crippen LogP contribution >= 0.6 is 0 Å². The van der Waals surface area contributed by atoms with E-state index in [1.165, 1.54) is 6.07 Å². The maximum Gasteiger partial charge on any atom is 0.416 e. The lowest BCUT2D eigenvalue weighted by molar-refractivity contribution is -0.137. The average Bonchev–Trinajstić information content (AvgIpc) is 3.38. The van der Waals surface area contributed by atoms with Gasteiger partial charge in [0.15, 0.2) is 0 Å². The van der Waals surface area contributed by atoms with Gasteiger partial charge in [-0.25, -0.2) is 0 Å². The molecule has 0 unspecified atom stereocenters. The topological polar surface area (TPSA) is 49.4 Å². The monoisotopic (exact) mass is 396 g/mol. The predicted octanol–water partition coefficient (Wildman–Crippen LogP) is 3.82. The van der Waals surface area contributed by atoms with Crippen molar-refractivity contribution in [1.82, 2.24) is 10.2 Å². The van der Waals surface area contributed by atoms with Crippen LogP contribution in [-0.4, -0.2) is 36.3 Å². The molecule has 1 N–H and O–H groups in total. The Morgan fingerprint density at radius 3 is 2.54 bits per heavy atom. The van der Waals surface area contributed by atoms with Gasteiger partial charge in [0.1, 0.15) is 0 Å². The number of rotatable bonds is 6. The Balaban J connectivity index is 1.80. The highest BCUT2D eigenvalue weighted by molar-refractivity contribution is 5.85. The van der Waals surface area contributed by atoms with Crippen LogP contribution in [-0.2, 0) is 15.8 Å². The summed E-state index contributed by atoms with van der Waals surface area (Å²) in [5, 5.41) is 2.91. The van der Waals surface area contributed by atoms with Gasteiger partial charge in [-0.1, -0.05) is 32.0 Å². The summed E-state index contributed by atoms with van der Waals surface area (Å²) >= 11 is 0. The zero-order chi connectivity index (χ0) is 20.5. The molecule has 0 aromatic heterocycles. The summed E-state index contributed by atoms with van der Waals surface area (Å²) in [6.07, 6.45) is -1.89. The first-order chi connectivity index (χ1) is 13.2. The molecule has 7 heteroatoms. The zero-order valence-electron chi connectivity index (χ0n) is 16.3. The smallest absolute Gasteiger partial charge is 0.356 e. The van der Waals surface area contributed by atoms with Gasteiger partial charge in [0.25, 0.3) is 0 Å². The quantitative estimate of drug-likeness (QED) is 0.795. The number of halogens is 3. The van der Waals surface area contributed by atoms with Crippen LogP contribution in [0.4, 0.5) is 13.2 Å². The Bertz CT molecular complexity index is 729. The van der Waals surface area contributed by atoms with Crippen LogP contribution in [0, 0.1) is 17.8 Å². The molecule has 1 aromatic carbocycles. The van der Waals surface area contributed by atoms with Crippen LogP contribution < -0.4 is 5.32 Å². The van der Waals surface area contributed by atoms with E-state index in [4.69, 9.17) is 0 Å². The van der Waals surface area contributed by atoms with E-state index in [2.05, 4.69) is 19.2 Å². The molecule has 0 bridgehead atoms. The van der Waals surface area contributed by atoms with Crippen LogP contribution in [0.1, 0.15) is 50.2 Å². The van der Waals surface area contributed by atoms with Crippen LogP contribution in [0.3, 0.4) is 0 Å². The summed E-state index contributed by atoms with van der Waals surface area (Å²) in [7, 11) is 0.